The number of ether oxygens (including phenoxy) is 1. The van der Waals surface area contributed by atoms with Gasteiger partial charge < -0.3 is 10.5 Å². The number of tetrazole rings is 1. The Bertz CT molecular complexity index is 270. The Morgan fingerprint density at radius 1 is 1.54 bits per heavy atom. The van der Waals surface area contributed by atoms with Crippen LogP contribution in [0.15, 0.2) is 0 Å². The summed E-state index contributed by atoms with van der Waals surface area (Å²) in [5.41, 5.74) is 5.15. The molecule has 0 aliphatic rings. The van der Waals surface area contributed by atoms with Crippen LogP contribution >= 0.6 is 0 Å². The van der Waals surface area contributed by atoms with Crippen molar-refractivity contribution in [3.63, 3.8) is 0 Å². The first-order valence-corrected chi connectivity index (χ1v) is 4.10. The van der Waals surface area contributed by atoms with Gasteiger partial charge in [-0.2, -0.15) is 4.80 Å². The first-order valence-electron chi connectivity index (χ1n) is 4.10. The van der Waals surface area contributed by atoms with Crippen LogP contribution in [-0.2, 0) is 18.4 Å². The molecule has 1 heterocycles. The van der Waals surface area contributed by atoms with Crippen molar-refractivity contribution in [1.29, 1.82) is 0 Å². The largest absolute Gasteiger partial charge is 0.366 e. The molecule has 0 aliphatic heterocycles. The Balaban J connectivity index is 2.43. The van der Waals surface area contributed by atoms with Crippen molar-refractivity contribution in [2.75, 3.05) is 6.54 Å². The zero-order chi connectivity index (χ0) is 9.90. The van der Waals surface area contributed by atoms with E-state index < -0.39 is 0 Å². The summed E-state index contributed by atoms with van der Waals surface area (Å²) in [4.78, 5) is 1.40. The van der Waals surface area contributed by atoms with Gasteiger partial charge in [-0.05, 0) is 19.1 Å². The quantitative estimate of drug-likeness (QED) is 0.681. The summed E-state index contributed by atoms with van der Waals surface area (Å²) in [5, 5.41) is 11.5. The molecule has 0 amide bonds. The van der Waals surface area contributed by atoms with E-state index in [1.165, 1.54) is 4.80 Å². The average molecular weight is 185 g/mol. The minimum absolute atomic E-state index is 0.334. The van der Waals surface area contributed by atoms with Crippen molar-refractivity contribution in [3.05, 3.63) is 5.82 Å². The van der Waals surface area contributed by atoms with Crippen LogP contribution in [0.1, 0.15) is 19.7 Å². The molecule has 0 saturated heterocycles. The maximum absolute atomic E-state index is 5.49. The Hall–Kier alpha value is -1.01. The number of aryl methyl sites for hydroxylation is 1. The summed E-state index contributed by atoms with van der Waals surface area (Å²) in [6, 6.07) is 0. The minimum Gasteiger partial charge on any atom is -0.366 e. The molecule has 2 N–H and O–H groups in total. The van der Waals surface area contributed by atoms with Crippen molar-refractivity contribution in [2.45, 2.75) is 26.1 Å². The fourth-order valence-electron chi connectivity index (χ4n) is 0.700. The van der Waals surface area contributed by atoms with Gasteiger partial charge in [0.1, 0.15) is 6.61 Å². The summed E-state index contributed by atoms with van der Waals surface area (Å²) in [6.45, 7) is 4.65. The molecule has 6 heteroatoms. The van der Waals surface area contributed by atoms with Gasteiger partial charge in [0.25, 0.3) is 0 Å². The van der Waals surface area contributed by atoms with Crippen LogP contribution in [0.4, 0.5) is 0 Å². The van der Waals surface area contributed by atoms with E-state index in [1.807, 2.05) is 13.8 Å². The zero-order valence-corrected chi connectivity index (χ0v) is 8.19. The highest BCUT2D eigenvalue weighted by atomic mass is 16.5. The van der Waals surface area contributed by atoms with E-state index in [0.29, 0.717) is 19.0 Å². The lowest BCUT2D eigenvalue weighted by atomic mass is 10.1. The third-order valence-electron chi connectivity index (χ3n) is 1.63. The maximum Gasteiger partial charge on any atom is 0.200 e. The molecule has 0 fully saturated rings. The van der Waals surface area contributed by atoms with Crippen LogP contribution < -0.4 is 5.73 Å². The lowest BCUT2D eigenvalue weighted by molar-refractivity contribution is -0.0253. The third kappa shape index (κ3) is 3.08. The molecule has 1 aromatic heterocycles. The molecule has 6 nitrogen and oxygen atoms in total. The predicted molar refractivity (Wildman–Crippen MR) is 46.7 cm³/mol. The first-order chi connectivity index (χ1) is 6.03. The van der Waals surface area contributed by atoms with Gasteiger partial charge in [0.15, 0.2) is 5.82 Å². The number of nitrogens with two attached hydrogens (primary N) is 1. The first kappa shape index (κ1) is 10.1. The topological polar surface area (TPSA) is 78.8 Å². The van der Waals surface area contributed by atoms with Crippen molar-refractivity contribution in [3.8, 4) is 0 Å². The summed E-state index contributed by atoms with van der Waals surface area (Å²) >= 11 is 0. The predicted octanol–water partition coefficient (Wildman–Crippen LogP) is -0.536. The summed E-state index contributed by atoms with van der Waals surface area (Å²) < 4.78 is 5.47. The fraction of sp³-hybridized carbons (Fsp3) is 0.857. The maximum atomic E-state index is 5.49. The second-order valence-electron chi connectivity index (χ2n) is 3.45. The number of rotatable bonds is 4. The molecule has 0 bridgehead atoms. The standard InChI is InChI=1S/C7H15N5O/c1-7(2,5-8)13-4-6-9-11-12(3)10-6/h4-5,8H2,1-3H3. The van der Waals surface area contributed by atoms with E-state index >= 15 is 0 Å². The third-order valence-corrected chi connectivity index (χ3v) is 1.63. The highest BCUT2D eigenvalue weighted by Gasteiger charge is 2.16. The molecule has 0 saturated carbocycles. The van der Waals surface area contributed by atoms with Gasteiger partial charge in [0.2, 0.25) is 0 Å². The average Bonchev–Trinajstić information content (AvgIpc) is 2.48. The normalized spacial score (nSPS) is 12.0. The lowest BCUT2D eigenvalue weighted by Gasteiger charge is -2.21. The Morgan fingerprint density at radius 2 is 2.23 bits per heavy atom. The Kier molecular flexibility index (Phi) is 2.94. The molecular formula is C7H15N5O. The van der Waals surface area contributed by atoms with Crippen LogP contribution in [0, 0.1) is 0 Å². The van der Waals surface area contributed by atoms with Gasteiger partial charge in [-0.3, -0.25) is 0 Å². The van der Waals surface area contributed by atoms with Gasteiger partial charge in [0.05, 0.1) is 12.6 Å². The van der Waals surface area contributed by atoms with Gasteiger partial charge in [0, 0.05) is 6.54 Å². The van der Waals surface area contributed by atoms with Gasteiger partial charge in [-0.25, -0.2) is 0 Å². The van der Waals surface area contributed by atoms with Gasteiger partial charge >= 0.3 is 0 Å². The molecule has 0 spiro atoms. The van der Waals surface area contributed by atoms with Crippen molar-refractivity contribution in [2.24, 2.45) is 12.8 Å². The van der Waals surface area contributed by atoms with E-state index in [1.54, 1.807) is 7.05 Å². The van der Waals surface area contributed by atoms with Crippen LogP contribution in [0.3, 0.4) is 0 Å². The van der Waals surface area contributed by atoms with E-state index in [2.05, 4.69) is 15.4 Å². The molecule has 1 rings (SSSR count). The molecule has 0 radical (unpaired) electrons. The molecule has 0 atom stereocenters. The summed E-state index contributed by atoms with van der Waals surface area (Å²) in [6.07, 6.45) is 0. The summed E-state index contributed by atoms with van der Waals surface area (Å²) in [5.74, 6) is 0.573. The lowest BCUT2D eigenvalue weighted by Crippen LogP contribution is -2.33. The molecular weight excluding hydrogens is 170 g/mol. The molecule has 13 heavy (non-hydrogen) atoms. The second-order valence-corrected chi connectivity index (χ2v) is 3.45. The molecule has 0 aliphatic carbocycles. The van der Waals surface area contributed by atoms with Crippen LogP contribution in [0.25, 0.3) is 0 Å². The van der Waals surface area contributed by atoms with Crippen molar-refractivity contribution < 1.29 is 4.74 Å². The van der Waals surface area contributed by atoms with Crippen molar-refractivity contribution >= 4 is 0 Å². The number of hydrogen-bond donors (Lipinski definition) is 1. The van der Waals surface area contributed by atoms with Crippen LogP contribution in [-0.4, -0.2) is 32.4 Å². The highest BCUT2D eigenvalue weighted by molar-refractivity contribution is 4.75. The van der Waals surface area contributed by atoms with E-state index in [9.17, 15) is 0 Å². The monoisotopic (exact) mass is 185 g/mol. The number of nitrogens with zero attached hydrogens (tertiary/aromatic N) is 4. The molecule has 0 aromatic carbocycles. The van der Waals surface area contributed by atoms with Crippen LogP contribution in [0.5, 0.6) is 0 Å². The van der Waals surface area contributed by atoms with E-state index in [4.69, 9.17) is 10.5 Å². The zero-order valence-electron chi connectivity index (χ0n) is 8.19. The Labute approximate surface area is 77.1 Å². The number of hydrogen-bond acceptors (Lipinski definition) is 5. The second kappa shape index (κ2) is 3.80. The molecule has 74 valence electrons. The van der Waals surface area contributed by atoms with Gasteiger partial charge in [-0.1, -0.05) is 0 Å². The minimum atomic E-state index is -0.334. The highest BCUT2D eigenvalue weighted by Crippen LogP contribution is 2.08. The van der Waals surface area contributed by atoms with Gasteiger partial charge in [-0.15, -0.1) is 10.2 Å². The smallest absolute Gasteiger partial charge is 0.200 e. The molecule has 1 aromatic rings. The Morgan fingerprint density at radius 3 is 2.69 bits per heavy atom. The fourth-order valence-corrected chi connectivity index (χ4v) is 0.700. The van der Waals surface area contributed by atoms with Crippen molar-refractivity contribution in [1.82, 2.24) is 20.2 Å². The number of aromatic nitrogens is 4. The molecule has 0 unspecified atom stereocenters. The van der Waals surface area contributed by atoms with Crippen LogP contribution in [0.2, 0.25) is 0 Å². The van der Waals surface area contributed by atoms with E-state index in [-0.39, 0.29) is 5.60 Å². The van der Waals surface area contributed by atoms with E-state index in [0.717, 1.165) is 0 Å². The summed E-state index contributed by atoms with van der Waals surface area (Å²) in [7, 11) is 1.71. The SMILES string of the molecule is Cn1nnc(COC(C)(C)CN)n1.